The van der Waals surface area contributed by atoms with Crippen molar-refractivity contribution in [2.24, 2.45) is 5.92 Å². The molecule has 0 saturated heterocycles. The van der Waals surface area contributed by atoms with Crippen LogP contribution in [0.5, 0.6) is 5.75 Å². The molecule has 0 radical (unpaired) electrons. The second kappa shape index (κ2) is 12.3. The minimum atomic E-state index is -4.66. The highest BCUT2D eigenvalue weighted by atomic mass is 19.4. The molecule has 1 aliphatic rings. The van der Waals surface area contributed by atoms with Crippen molar-refractivity contribution in [3.05, 3.63) is 54.1 Å². The summed E-state index contributed by atoms with van der Waals surface area (Å²) >= 11 is 0. The van der Waals surface area contributed by atoms with Gasteiger partial charge in [-0.15, -0.1) is 13.2 Å². The van der Waals surface area contributed by atoms with Gasteiger partial charge in [0.2, 0.25) is 0 Å². The maximum atomic E-state index is 12.3. The molecule has 0 spiro atoms. The molecule has 0 bridgehead atoms. The zero-order valence-corrected chi connectivity index (χ0v) is 19.3. The molecule has 4 heteroatoms. The van der Waals surface area contributed by atoms with E-state index in [4.69, 9.17) is 0 Å². The van der Waals surface area contributed by atoms with Gasteiger partial charge in [-0.25, -0.2) is 0 Å². The average Bonchev–Trinajstić information content (AvgIpc) is 2.79. The molecular weight excluding hydrogens is 409 g/mol. The molecule has 3 rings (SSSR count). The molecule has 2 aromatic rings. The molecule has 0 heterocycles. The summed E-state index contributed by atoms with van der Waals surface area (Å²) in [6, 6.07) is 14.6. The van der Waals surface area contributed by atoms with Crippen LogP contribution in [0.2, 0.25) is 0 Å². The van der Waals surface area contributed by atoms with Gasteiger partial charge >= 0.3 is 6.36 Å². The Bertz CT molecular complexity index is 772. The number of alkyl halides is 3. The van der Waals surface area contributed by atoms with E-state index in [2.05, 4.69) is 35.9 Å². The lowest BCUT2D eigenvalue weighted by molar-refractivity contribution is -0.274. The van der Waals surface area contributed by atoms with Crippen molar-refractivity contribution in [2.75, 3.05) is 0 Å². The second-order valence-electron chi connectivity index (χ2n) is 9.32. The Hall–Kier alpha value is -1.97. The van der Waals surface area contributed by atoms with Gasteiger partial charge < -0.3 is 4.74 Å². The van der Waals surface area contributed by atoms with Gasteiger partial charge in [0.1, 0.15) is 5.75 Å². The lowest BCUT2D eigenvalue weighted by Crippen LogP contribution is -2.16. The summed E-state index contributed by atoms with van der Waals surface area (Å²) in [6.45, 7) is 2.27. The van der Waals surface area contributed by atoms with Gasteiger partial charge in [0, 0.05) is 0 Å². The highest BCUT2D eigenvalue weighted by molar-refractivity contribution is 5.64. The Kier molecular flexibility index (Phi) is 9.50. The van der Waals surface area contributed by atoms with E-state index in [-0.39, 0.29) is 5.75 Å². The monoisotopic (exact) mass is 446 g/mol. The van der Waals surface area contributed by atoms with E-state index in [0.717, 1.165) is 17.0 Å². The number of halogens is 3. The van der Waals surface area contributed by atoms with Crippen LogP contribution in [0.3, 0.4) is 0 Å². The predicted octanol–water partition coefficient (Wildman–Crippen LogP) is 9.67. The molecule has 1 fully saturated rings. The summed E-state index contributed by atoms with van der Waals surface area (Å²) in [5.74, 6) is 1.35. The van der Waals surface area contributed by atoms with E-state index >= 15 is 0 Å². The summed E-state index contributed by atoms with van der Waals surface area (Å²) < 4.78 is 40.9. The molecule has 0 amide bonds. The average molecular weight is 447 g/mol. The molecule has 0 aliphatic heterocycles. The zero-order chi connectivity index (χ0) is 22.8. The summed E-state index contributed by atoms with van der Waals surface area (Å²) in [5, 5.41) is 0. The molecule has 0 atom stereocenters. The first-order valence-corrected chi connectivity index (χ1v) is 12.4. The Morgan fingerprint density at radius 1 is 0.719 bits per heavy atom. The number of hydrogen-bond acceptors (Lipinski definition) is 1. The summed E-state index contributed by atoms with van der Waals surface area (Å²) in [4.78, 5) is 0. The van der Waals surface area contributed by atoms with Crippen molar-refractivity contribution < 1.29 is 17.9 Å². The van der Waals surface area contributed by atoms with E-state index in [9.17, 15) is 13.2 Å². The summed E-state index contributed by atoms with van der Waals surface area (Å²) in [6.07, 6.45) is 11.6. The van der Waals surface area contributed by atoms with Crippen LogP contribution < -0.4 is 4.74 Å². The number of benzene rings is 2. The Morgan fingerprint density at radius 3 is 1.81 bits per heavy atom. The number of hydrogen-bond donors (Lipinski definition) is 0. The minimum Gasteiger partial charge on any atom is -0.406 e. The highest BCUT2D eigenvalue weighted by Gasteiger charge is 2.31. The summed E-state index contributed by atoms with van der Waals surface area (Å²) in [7, 11) is 0. The van der Waals surface area contributed by atoms with E-state index in [1.807, 2.05) is 0 Å². The summed E-state index contributed by atoms with van der Waals surface area (Å²) in [5.41, 5.74) is 3.30. The third-order valence-corrected chi connectivity index (χ3v) is 6.87. The van der Waals surface area contributed by atoms with Gasteiger partial charge in [0.25, 0.3) is 0 Å². The van der Waals surface area contributed by atoms with Crippen molar-refractivity contribution in [3.63, 3.8) is 0 Å². The van der Waals surface area contributed by atoms with Crippen LogP contribution in [0.15, 0.2) is 48.5 Å². The van der Waals surface area contributed by atoms with Gasteiger partial charge in [0.15, 0.2) is 0 Å². The molecular formula is C28H37F3O. The normalized spacial score (nSPS) is 19.1. The van der Waals surface area contributed by atoms with Gasteiger partial charge in [-0.1, -0.05) is 94.7 Å². The Balaban J connectivity index is 1.41. The lowest BCUT2D eigenvalue weighted by atomic mass is 9.77. The fraction of sp³-hybridized carbons (Fsp3) is 0.571. The van der Waals surface area contributed by atoms with Gasteiger partial charge in [-0.3, -0.25) is 0 Å². The van der Waals surface area contributed by atoms with Gasteiger partial charge in [0.05, 0.1) is 0 Å². The van der Waals surface area contributed by atoms with Crippen molar-refractivity contribution in [2.45, 2.75) is 96.3 Å². The number of ether oxygens (including phenoxy) is 1. The van der Waals surface area contributed by atoms with Crippen molar-refractivity contribution in [1.29, 1.82) is 0 Å². The van der Waals surface area contributed by atoms with Crippen LogP contribution in [0.25, 0.3) is 11.1 Å². The highest BCUT2D eigenvalue weighted by Crippen LogP contribution is 2.38. The predicted molar refractivity (Wildman–Crippen MR) is 126 cm³/mol. The van der Waals surface area contributed by atoms with E-state index < -0.39 is 6.36 Å². The first kappa shape index (κ1) is 24.7. The van der Waals surface area contributed by atoms with Crippen molar-refractivity contribution >= 4 is 0 Å². The van der Waals surface area contributed by atoms with E-state index in [0.29, 0.717) is 5.92 Å². The van der Waals surface area contributed by atoms with Crippen LogP contribution in [0.4, 0.5) is 13.2 Å². The van der Waals surface area contributed by atoms with E-state index in [1.165, 1.54) is 94.7 Å². The van der Waals surface area contributed by atoms with Crippen LogP contribution in [0, 0.1) is 5.92 Å². The number of rotatable bonds is 11. The molecule has 1 aliphatic carbocycles. The van der Waals surface area contributed by atoms with Gasteiger partial charge in [-0.2, -0.15) is 0 Å². The smallest absolute Gasteiger partial charge is 0.406 e. The Morgan fingerprint density at radius 2 is 1.25 bits per heavy atom. The SMILES string of the molecule is CCCCCCCCCC1CCC(c2ccc(-c3ccc(OC(F)(F)F)cc3)cc2)CC1. The van der Waals surface area contributed by atoms with Crippen molar-refractivity contribution in [3.8, 4) is 16.9 Å². The van der Waals surface area contributed by atoms with E-state index in [1.54, 1.807) is 12.1 Å². The molecule has 0 unspecified atom stereocenters. The molecule has 0 N–H and O–H groups in total. The van der Waals surface area contributed by atoms with Crippen LogP contribution >= 0.6 is 0 Å². The molecule has 2 aromatic carbocycles. The third kappa shape index (κ3) is 8.18. The third-order valence-electron chi connectivity index (χ3n) is 6.87. The lowest BCUT2D eigenvalue weighted by Gasteiger charge is -2.29. The van der Waals surface area contributed by atoms with Crippen LogP contribution in [-0.2, 0) is 0 Å². The first-order valence-electron chi connectivity index (χ1n) is 12.4. The largest absolute Gasteiger partial charge is 0.573 e. The molecule has 176 valence electrons. The fourth-order valence-corrected chi connectivity index (χ4v) is 4.97. The van der Waals surface area contributed by atoms with Crippen LogP contribution in [0.1, 0.15) is 95.5 Å². The maximum Gasteiger partial charge on any atom is 0.573 e. The zero-order valence-electron chi connectivity index (χ0n) is 19.3. The van der Waals surface area contributed by atoms with Gasteiger partial charge in [-0.05, 0) is 66.3 Å². The molecule has 0 aromatic heterocycles. The molecule has 1 saturated carbocycles. The minimum absolute atomic E-state index is 0.189. The maximum absolute atomic E-state index is 12.3. The topological polar surface area (TPSA) is 9.23 Å². The second-order valence-corrected chi connectivity index (χ2v) is 9.32. The Labute approximate surface area is 191 Å². The van der Waals surface area contributed by atoms with Crippen molar-refractivity contribution in [1.82, 2.24) is 0 Å². The fourth-order valence-electron chi connectivity index (χ4n) is 4.97. The quantitative estimate of drug-likeness (QED) is 0.312. The standard InChI is InChI=1S/C28H37F3O/c1-2-3-4-5-6-7-8-9-22-10-12-23(13-11-22)24-14-16-25(17-15-24)26-18-20-27(21-19-26)32-28(29,30)31/h14-23H,2-13H2,1H3. The first-order chi connectivity index (χ1) is 15.4. The molecule has 32 heavy (non-hydrogen) atoms. The number of unbranched alkanes of at least 4 members (excludes halogenated alkanes) is 6. The molecule has 1 nitrogen and oxygen atoms in total. The van der Waals surface area contributed by atoms with Crippen LogP contribution in [-0.4, -0.2) is 6.36 Å².